The number of pyridine rings is 1. The Morgan fingerprint density at radius 2 is 2.00 bits per heavy atom. The van der Waals surface area contributed by atoms with Crippen molar-refractivity contribution in [1.29, 1.82) is 0 Å². The zero-order valence-corrected chi connectivity index (χ0v) is 11.5. The summed E-state index contributed by atoms with van der Waals surface area (Å²) in [6.07, 6.45) is -9.04. The van der Waals surface area contributed by atoms with Gasteiger partial charge in [0.1, 0.15) is 0 Å². The topological polar surface area (TPSA) is 57.7 Å². The van der Waals surface area contributed by atoms with Crippen molar-refractivity contribution in [2.24, 2.45) is 0 Å². The van der Waals surface area contributed by atoms with Crippen molar-refractivity contribution < 1.29 is 41.0 Å². The van der Waals surface area contributed by atoms with E-state index in [0.29, 0.717) is 0 Å². The van der Waals surface area contributed by atoms with Crippen LogP contribution < -0.4 is 9.47 Å². The molecule has 0 aliphatic heterocycles. The number of esters is 1. The lowest BCUT2D eigenvalue weighted by Gasteiger charge is -2.16. The fourth-order valence-corrected chi connectivity index (χ4v) is 1.55. The third-order valence-corrected chi connectivity index (χ3v) is 2.29. The van der Waals surface area contributed by atoms with Gasteiger partial charge in [-0.05, 0) is 6.92 Å². The van der Waals surface area contributed by atoms with E-state index in [1.54, 1.807) is 0 Å². The van der Waals surface area contributed by atoms with E-state index in [1.807, 2.05) is 0 Å². The molecule has 0 aliphatic rings. The molecule has 1 aromatic rings. The highest BCUT2D eigenvalue weighted by molar-refractivity contribution is 5.72. The standard InChI is InChI=1S/C12H12F5NO4/c1-3-21-8(19)5-6-4-7(20-2)10(22-12(15,16)17)9(18-6)11(13)14/h4,11H,3,5H2,1-2H3. The average molecular weight is 329 g/mol. The zero-order chi connectivity index (χ0) is 16.9. The molecule has 0 aromatic carbocycles. The molecular weight excluding hydrogens is 317 g/mol. The smallest absolute Gasteiger partial charge is 0.493 e. The molecule has 1 heterocycles. The van der Waals surface area contributed by atoms with Crippen LogP contribution in [-0.4, -0.2) is 31.0 Å². The number of hydrogen-bond donors (Lipinski definition) is 0. The second kappa shape index (κ2) is 7.23. The molecule has 0 saturated carbocycles. The van der Waals surface area contributed by atoms with Crippen LogP contribution in [0.4, 0.5) is 22.0 Å². The van der Waals surface area contributed by atoms with Gasteiger partial charge >= 0.3 is 12.3 Å². The molecule has 0 unspecified atom stereocenters. The zero-order valence-electron chi connectivity index (χ0n) is 11.5. The van der Waals surface area contributed by atoms with Crippen LogP contribution in [0.2, 0.25) is 0 Å². The van der Waals surface area contributed by atoms with Crippen LogP contribution in [0, 0.1) is 0 Å². The van der Waals surface area contributed by atoms with E-state index in [-0.39, 0.29) is 12.3 Å². The Hall–Kier alpha value is -2.13. The van der Waals surface area contributed by atoms with Crippen LogP contribution in [0.25, 0.3) is 0 Å². The van der Waals surface area contributed by atoms with Crippen molar-refractivity contribution in [1.82, 2.24) is 4.98 Å². The minimum atomic E-state index is -5.19. The first-order chi connectivity index (χ1) is 10.2. The number of ether oxygens (including phenoxy) is 3. The van der Waals surface area contributed by atoms with E-state index in [0.717, 1.165) is 13.2 Å². The maximum atomic E-state index is 12.9. The lowest BCUT2D eigenvalue weighted by atomic mass is 10.2. The van der Waals surface area contributed by atoms with E-state index in [2.05, 4.69) is 19.2 Å². The fourth-order valence-electron chi connectivity index (χ4n) is 1.55. The van der Waals surface area contributed by atoms with Gasteiger partial charge < -0.3 is 14.2 Å². The van der Waals surface area contributed by atoms with Gasteiger partial charge in [0, 0.05) is 6.07 Å². The molecule has 0 spiro atoms. The highest BCUT2D eigenvalue weighted by Crippen LogP contribution is 2.39. The SMILES string of the molecule is CCOC(=O)Cc1cc(OC)c(OC(F)(F)F)c(C(F)F)n1. The van der Waals surface area contributed by atoms with Crippen molar-refractivity contribution in [3.8, 4) is 11.5 Å². The normalized spacial score (nSPS) is 11.5. The molecule has 5 nitrogen and oxygen atoms in total. The van der Waals surface area contributed by atoms with E-state index in [1.165, 1.54) is 6.92 Å². The summed E-state index contributed by atoms with van der Waals surface area (Å²) in [6.45, 7) is 1.60. The maximum absolute atomic E-state index is 12.9. The number of halogens is 5. The summed E-state index contributed by atoms with van der Waals surface area (Å²) in [5.74, 6) is -2.61. The Balaban J connectivity index is 3.25. The molecule has 0 amide bonds. The van der Waals surface area contributed by atoms with Crippen LogP contribution in [-0.2, 0) is 16.0 Å². The maximum Gasteiger partial charge on any atom is 0.573 e. The first-order valence-electron chi connectivity index (χ1n) is 5.95. The number of carbonyl (C=O) groups excluding carboxylic acids is 1. The van der Waals surface area contributed by atoms with Crippen molar-refractivity contribution in [2.75, 3.05) is 13.7 Å². The number of methoxy groups -OCH3 is 1. The summed E-state index contributed by atoms with van der Waals surface area (Å²) in [7, 11) is 0.974. The molecule has 0 aliphatic carbocycles. The second-order valence-electron chi connectivity index (χ2n) is 3.86. The van der Waals surface area contributed by atoms with Gasteiger partial charge in [-0.3, -0.25) is 4.79 Å². The molecule has 1 rings (SSSR count). The molecule has 0 fully saturated rings. The summed E-state index contributed by atoms with van der Waals surface area (Å²) in [5.41, 5.74) is -1.49. The Bertz CT molecular complexity index is 533. The summed E-state index contributed by atoms with van der Waals surface area (Å²) >= 11 is 0. The van der Waals surface area contributed by atoms with E-state index in [4.69, 9.17) is 0 Å². The molecule has 0 saturated heterocycles. The molecule has 0 radical (unpaired) electrons. The van der Waals surface area contributed by atoms with E-state index in [9.17, 15) is 26.7 Å². The van der Waals surface area contributed by atoms with Gasteiger partial charge in [0.25, 0.3) is 6.43 Å². The lowest BCUT2D eigenvalue weighted by molar-refractivity contribution is -0.275. The molecule has 0 bridgehead atoms. The highest BCUT2D eigenvalue weighted by atomic mass is 19.4. The minimum Gasteiger partial charge on any atom is -0.493 e. The summed E-state index contributed by atoms with van der Waals surface area (Å²) < 4.78 is 75.4. The summed E-state index contributed by atoms with van der Waals surface area (Å²) in [4.78, 5) is 14.6. The van der Waals surface area contributed by atoms with E-state index < -0.39 is 42.4 Å². The third-order valence-electron chi connectivity index (χ3n) is 2.29. The molecule has 0 N–H and O–H groups in total. The Labute approximate surface area is 122 Å². The van der Waals surface area contributed by atoms with Crippen molar-refractivity contribution >= 4 is 5.97 Å². The average Bonchev–Trinajstić information content (AvgIpc) is 2.38. The van der Waals surface area contributed by atoms with Crippen molar-refractivity contribution in [3.05, 3.63) is 17.5 Å². The molecule has 1 aromatic heterocycles. The number of aromatic nitrogens is 1. The van der Waals surface area contributed by atoms with Crippen molar-refractivity contribution in [3.63, 3.8) is 0 Å². The number of nitrogens with zero attached hydrogens (tertiary/aromatic N) is 1. The molecule has 22 heavy (non-hydrogen) atoms. The van der Waals surface area contributed by atoms with Gasteiger partial charge in [0.05, 0.1) is 25.8 Å². The number of rotatable bonds is 6. The van der Waals surface area contributed by atoms with E-state index >= 15 is 0 Å². The number of alkyl halides is 5. The van der Waals surface area contributed by atoms with Crippen LogP contribution in [0.15, 0.2) is 6.07 Å². The number of hydrogen-bond acceptors (Lipinski definition) is 5. The predicted molar refractivity (Wildman–Crippen MR) is 62.8 cm³/mol. The number of carbonyl (C=O) groups is 1. The summed E-state index contributed by atoms with van der Waals surface area (Å²) in [6, 6.07) is 0.907. The molecule has 0 atom stereocenters. The van der Waals surface area contributed by atoms with Crippen LogP contribution in [0.3, 0.4) is 0 Å². The van der Waals surface area contributed by atoms with Gasteiger partial charge in [-0.25, -0.2) is 13.8 Å². The second-order valence-corrected chi connectivity index (χ2v) is 3.86. The Morgan fingerprint density at radius 1 is 1.36 bits per heavy atom. The monoisotopic (exact) mass is 329 g/mol. The molecule has 10 heteroatoms. The molecule has 124 valence electrons. The first-order valence-corrected chi connectivity index (χ1v) is 5.95. The van der Waals surface area contributed by atoms with Crippen LogP contribution in [0.1, 0.15) is 24.7 Å². The summed E-state index contributed by atoms with van der Waals surface area (Å²) in [5, 5.41) is 0. The van der Waals surface area contributed by atoms with Crippen LogP contribution in [0.5, 0.6) is 11.5 Å². The van der Waals surface area contributed by atoms with Crippen molar-refractivity contribution in [2.45, 2.75) is 26.1 Å². The molecular formula is C12H12F5NO4. The van der Waals surface area contributed by atoms with Gasteiger partial charge in [0.15, 0.2) is 17.2 Å². The largest absolute Gasteiger partial charge is 0.573 e. The predicted octanol–water partition coefficient (Wildman–Crippen LogP) is 3.03. The van der Waals surface area contributed by atoms with Gasteiger partial charge in [-0.15, -0.1) is 13.2 Å². The fraction of sp³-hybridized carbons (Fsp3) is 0.500. The highest BCUT2D eigenvalue weighted by Gasteiger charge is 2.36. The third kappa shape index (κ3) is 5.01. The first kappa shape index (κ1) is 17.9. The Morgan fingerprint density at radius 3 is 2.45 bits per heavy atom. The Kier molecular flexibility index (Phi) is 5.89. The quantitative estimate of drug-likeness (QED) is 0.593. The minimum absolute atomic E-state index is 0.0624. The lowest BCUT2D eigenvalue weighted by Crippen LogP contribution is -2.20. The van der Waals surface area contributed by atoms with Gasteiger partial charge in [-0.1, -0.05) is 0 Å². The van der Waals surface area contributed by atoms with Crippen LogP contribution >= 0.6 is 0 Å². The van der Waals surface area contributed by atoms with Gasteiger partial charge in [0.2, 0.25) is 0 Å². The van der Waals surface area contributed by atoms with Gasteiger partial charge in [-0.2, -0.15) is 0 Å².